The Morgan fingerprint density at radius 2 is 2.07 bits per heavy atom. The lowest BCUT2D eigenvalue weighted by molar-refractivity contribution is 0.124. The van der Waals surface area contributed by atoms with Crippen molar-refractivity contribution >= 4 is 0 Å². The summed E-state index contributed by atoms with van der Waals surface area (Å²) in [4.78, 5) is 4.19. The maximum atomic E-state index is 5.70. The largest absolute Gasteiger partial charge is 0.472 e. The molecular formula is C12H20N2O. The van der Waals surface area contributed by atoms with Gasteiger partial charge in [0.25, 0.3) is 0 Å². The minimum absolute atomic E-state index is 0.200. The third-order valence-electron chi connectivity index (χ3n) is 2.10. The lowest BCUT2D eigenvalue weighted by Gasteiger charge is -2.21. The first-order valence-electron chi connectivity index (χ1n) is 5.24. The molecule has 0 spiro atoms. The number of hydrogen-bond acceptors (Lipinski definition) is 3. The number of pyridine rings is 1. The first-order chi connectivity index (χ1) is 6.92. The van der Waals surface area contributed by atoms with Gasteiger partial charge in [0.2, 0.25) is 5.88 Å². The van der Waals surface area contributed by atoms with Gasteiger partial charge >= 0.3 is 0 Å². The van der Waals surface area contributed by atoms with Crippen molar-refractivity contribution in [1.29, 1.82) is 0 Å². The van der Waals surface area contributed by atoms with E-state index < -0.39 is 0 Å². The van der Waals surface area contributed by atoms with Gasteiger partial charge in [-0.25, -0.2) is 4.98 Å². The summed E-state index contributed by atoms with van der Waals surface area (Å²) in [5.41, 5.74) is 0.987. The lowest BCUT2D eigenvalue weighted by atomic mass is 10.1. The smallest absolute Gasteiger partial charge is 0.214 e. The number of nitrogens with zero attached hydrogens (tertiary/aromatic N) is 1. The molecule has 0 aromatic carbocycles. The van der Waals surface area contributed by atoms with Gasteiger partial charge in [-0.1, -0.05) is 0 Å². The Bertz CT molecular complexity index is 318. The number of nitrogens with one attached hydrogen (secondary N) is 1. The molecule has 0 fully saturated rings. The number of rotatable bonds is 3. The number of aromatic nitrogens is 1. The van der Waals surface area contributed by atoms with Crippen molar-refractivity contribution in [2.45, 2.75) is 39.3 Å². The molecular weight excluding hydrogens is 188 g/mol. The first-order valence-corrected chi connectivity index (χ1v) is 5.24. The Morgan fingerprint density at radius 3 is 2.60 bits per heavy atom. The van der Waals surface area contributed by atoms with Gasteiger partial charge < -0.3 is 10.1 Å². The molecule has 0 saturated carbocycles. The molecule has 0 aliphatic carbocycles. The molecule has 0 saturated heterocycles. The second kappa shape index (κ2) is 4.62. The summed E-state index contributed by atoms with van der Waals surface area (Å²) in [5.74, 6) is 0.682. The highest BCUT2D eigenvalue weighted by Crippen LogP contribution is 2.19. The molecule has 84 valence electrons. The second-order valence-corrected chi connectivity index (χ2v) is 4.65. The fourth-order valence-electron chi connectivity index (χ4n) is 1.23. The standard InChI is InChI=1S/C12H20N2O/c1-9(13-5)10-6-7-14-11(8-10)15-12(2,3)4/h6-9,13H,1-5H3. The van der Waals surface area contributed by atoms with E-state index in [1.54, 1.807) is 6.20 Å². The summed E-state index contributed by atoms with van der Waals surface area (Å²) in [5, 5.41) is 3.19. The zero-order valence-electron chi connectivity index (χ0n) is 10.2. The lowest BCUT2D eigenvalue weighted by Crippen LogP contribution is -2.23. The van der Waals surface area contributed by atoms with Crippen LogP contribution < -0.4 is 10.1 Å². The summed E-state index contributed by atoms with van der Waals surface area (Å²) in [6.07, 6.45) is 1.78. The normalized spacial score (nSPS) is 13.7. The molecule has 15 heavy (non-hydrogen) atoms. The van der Waals surface area contributed by atoms with E-state index >= 15 is 0 Å². The van der Waals surface area contributed by atoms with Gasteiger partial charge in [-0.2, -0.15) is 0 Å². The van der Waals surface area contributed by atoms with Gasteiger partial charge in [0.1, 0.15) is 5.60 Å². The van der Waals surface area contributed by atoms with E-state index in [-0.39, 0.29) is 5.60 Å². The fourth-order valence-corrected chi connectivity index (χ4v) is 1.23. The molecule has 3 heteroatoms. The molecule has 0 bridgehead atoms. The molecule has 1 N–H and O–H groups in total. The van der Waals surface area contributed by atoms with Crippen molar-refractivity contribution in [3.8, 4) is 5.88 Å². The quantitative estimate of drug-likeness (QED) is 0.829. The van der Waals surface area contributed by atoms with Crippen molar-refractivity contribution in [2.24, 2.45) is 0 Å². The average molecular weight is 208 g/mol. The Labute approximate surface area is 91.9 Å². The Balaban J connectivity index is 2.83. The summed E-state index contributed by atoms with van der Waals surface area (Å²) in [6, 6.07) is 4.29. The number of hydrogen-bond donors (Lipinski definition) is 1. The van der Waals surface area contributed by atoms with Crippen LogP contribution in [-0.4, -0.2) is 17.6 Å². The van der Waals surface area contributed by atoms with Crippen LogP contribution in [0.15, 0.2) is 18.3 Å². The van der Waals surface area contributed by atoms with E-state index in [4.69, 9.17) is 4.74 Å². The van der Waals surface area contributed by atoms with Crippen molar-refractivity contribution in [2.75, 3.05) is 7.05 Å². The summed E-state index contributed by atoms with van der Waals surface area (Å²) in [7, 11) is 1.94. The van der Waals surface area contributed by atoms with Crippen molar-refractivity contribution in [3.63, 3.8) is 0 Å². The van der Waals surface area contributed by atoms with Crippen LogP contribution in [0.25, 0.3) is 0 Å². The predicted molar refractivity (Wildman–Crippen MR) is 62.1 cm³/mol. The predicted octanol–water partition coefficient (Wildman–Crippen LogP) is 2.54. The highest BCUT2D eigenvalue weighted by atomic mass is 16.5. The molecule has 0 aliphatic rings. The minimum Gasteiger partial charge on any atom is -0.472 e. The van der Waals surface area contributed by atoms with E-state index in [0.29, 0.717) is 11.9 Å². The van der Waals surface area contributed by atoms with E-state index in [1.807, 2.05) is 40.0 Å². The van der Waals surface area contributed by atoms with Crippen molar-refractivity contribution in [1.82, 2.24) is 10.3 Å². The molecule has 1 heterocycles. The third kappa shape index (κ3) is 3.88. The zero-order chi connectivity index (χ0) is 11.5. The Kier molecular flexibility index (Phi) is 3.69. The third-order valence-corrected chi connectivity index (χ3v) is 2.10. The van der Waals surface area contributed by atoms with E-state index in [0.717, 1.165) is 0 Å². The van der Waals surface area contributed by atoms with Crippen LogP contribution in [0.2, 0.25) is 0 Å². The molecule has 0 amide bonds. The van der Waals surface area contributed by atoms with Crippen LogP contribution in [0.1, 0.15) is 39.3 Å². The van der Waals surface area contributed by atoms with Crippen LogP contribution in [0.4, 0.5) is 0 Å². The van der Waals surface area contributed by atoms with Crippen LogP contribution in [0.3, 0.4) is 0 Å². The SMILES string of the molecule is CNC(C)c1ccnc(OC(C)(C)C)c1. The van der Waals surface area contributed by atoms with E-state index in [9.17, 15) is 0 Å². The maximum Gasteiger partial charge on any atom is 0.214 e. The highest BCUT2D eigenvalue weighted by molar-refractivity contribution is 5.23. The first kappa shape index (κ1) is 12.0. The van der Waals surface area contributed by atoms with Crippen molar-refractivity contribution in [3.05, 3.63) is 23.9 Å². The fraction of sp³-hybridized carbons (Fsp3) is 0.583. The molecule has 0 radical (unpaired) electrons. The minimum atomic E-state index is -0.200. The molecule has 3 nitrogen and oxygen atoms in total. The number of ether oxygens (including phenoxy) is 1. The van der Waals surface area contributed by atoms with Gasteiger partial charge in [0.05, 0.1) is 0 Å². The van der Waals surface area contributed by atoms with Gasteiger partial charge in [-0.05, 0) is 46.4 Å². The van der Waals surface area contributed by atoms with E-state index in [1.165, 1.54) is 5.56 Å². The monoisotopic (exact) mass is 208 g/mol. The van der Waals surface area contributed by atoms with Crippen LogP contribution >= 0.6 is 0 Å². The van der Waals surface area contributed by atoms with E-state index in [2.05, 4.69) is 17.2 Å². The van der Waals surface area contributed by atoms with Gasteiger partial charge in [0, 0.05) is 18.3 Å². The Hall–Kier alpha value is -1.09. The molecule has 1 unspecified atom stereocenters. The van der Waals surface area contributed by atoms with Gasteiger partial charge in [-0.15, -0.1) is 0 Å². The Morgan fingerprint density at radius 1 is 1.40 bits per heavy atom. The summed E-state index contributed by atoms with van der Waals surface area (Å²) in [6.45, 7) is 8.16. The maximum absolute atomic E-state index is 5.70. The highest BCUT2D eigenvalue weighted by Gasteiger charge is 2.13. The van der Waals surface area contributed by atoms with Crippen LogP contribution in [-0.2, 0) is 0 Å². The summed E-state index contributed by atoms with van der Waals surface area (Å²) >= 11 is 0. The average Bonchev–Trinajstić information content (AvgIpc) is 2.14. The summed E-state index contributed by atoms with van der Waals surface area (Å²) < 4.78 is 5.70. The van der Waals surface area contributed by atoms with Crippen molar-refractivity contribution < 1.29 is 4.74 Å². The molecule has 0 aliphatic heterocycles. The van der Waals surface area contributed by atoms with Crippen LogP contribution in [0, 0.1) is 0 Å². The molecule has 1 atom stereocenters. The topological polar surface area (TPSA) is 34.2 Å². The molecule has 1 aromatic rings. The molecule has 1 rings (SSSR count). The van der Waals surface area contributed by atoms with Gasteiger partial charge in [0.15, 0.2) is 0 Å². The zero-order valence-corrected chi connectivity index (χ0v) is 10.2. The van der Waals surface area contributed by atoms with Crippen LogP contribution in [0.5, 0.6) is 5.88 Å². The molecule has 1 aromatic heterocycles. The second-order valence-electron chi connectivity index (χ2n) is 4.65. The van der Waals surface area contributed by atoms with Gasteiger partial charge in [-0.3, -0.25) is 0 Å².